The molecule has 1 fully saturated rings. The Morgan fingerprint density at radius 2 is 1.75 bits per heavy atom. The lowest BCUT2D eigenvalue weighted by molar-refractivity contribution is 0.0727. The molecule has 1 heterocycles. The van der Waals surface area contributed by atoms with E-state index in [2.05, 4.69) is 18.7 Å². The van der Waals surface area contributed by atoms with Gasteiger partial charge in [0.1, 0.15) is 0 Å². The van der Waals surface area contributed by atoms with Crippen LogP contribution in [0.4, 0.5) is 5.69 Å². The molecule has 0 bridgehead atoms. The third-order valence-electron chi connectivity index (χ3n) is 5.12. The van der Waals surface area contributed by atoms with Crippen LogP contribution in [0.15, 0.2) is 23.1 Å². The van der Waals surface area contributed by atoms with Crippen molar-refractivity contribution in [2.45, 2.75) is 38.1 Å². The van der Waals surface area contributed by atoms with Crippen molar-refractivity contribution in [3.8, 4) is 0 Å². The maximum Gasteiger partial charge on any atom is 0.255 e. The first-order valence-corrected chi connectivity index (χ1v) is 11.2. The highest BCUT2D eigenvalue weighted by atomic mass is 32.2. The lowest BCUT2D eigenvalue weighted by Gasteiger charge is -2.33. The second-order valence-electron chi connectivity index (χ2n) is 7.96. The van der Waals surface area contributed by atoms with E-state index < -0.39 is 10.0 Å². The van der Waals surface area contributed by atoms with Gasteiger partial charge in [-0.3, -0.25) is 4.79 Å². The topological polar surface area (TPSA) is 70.2 Å². The molecule has 1 unspecified atom stereocenters. The highest BCUT2D eigenvalue weighted by molar-refractivity contribution is 7.89. The van der Waals surface area contributed by atoms with Crippen LogP contribution in [-0.4, -0.2) is 77.0 Å². The molecule has 1 aromatic rings. The second-order valence-corrected chi connectivity index (χ2v) is 10.1. The molecule has 1 atom stereocenters. The molecule has 1 aliphatic heterocycles. The van der Waals surface area contributed by atoms with Crippen molar-refractivity contribution >= 4 is 21.6 Å². The molecule has 0 N–H and O–H groups in total. The summed E-state index contributed by atoms with van der Waals surface area (Å²) in [7, 11) is 1.14. The number of hydrogen-bond donors (Lipinski definition) is 0. The molecule has 0 aromatic heterocycles. The van der Waals surface area contributed by atoms with Gasteiger partial charge in [-0.25, -0.2) is 12.7 Å². The summed E-state index contributed by atoms with van der Waals surface area (Å²) in [5.41, 5.74) is 1.18. The van der Waals surface area contributed by atoms with Crippen LogP contribution in [0.25, 0.3) is 0 Å². The lowest BCUT2D eigenvalue weighted by Crippen LogP contribution is -2.40. The molecule has 0 saturated carbocycles. The van der Waals surface area contributed by atoms with Gasteiger partial charge in [0.2, 0.25) is 10.0 Å². The van der Waals surface area contributed by atoms with Crippen molar-refractivity contribution in [1.29, 1.82) is 0 Å². The van der Waals surface area contributed by atoms with Crippen molar-refractivity contribution < 1.29 is 17.9 Å². The van der Waals surface area contributed by atoms with Gasteiger partial charge in [0, 0.05) is 46.0 Å². The SMILES string of the molecule is CC(C)CC(C)N(C)C(=O)c1cc(S(=O)(=O)N(C)C)ccc1N1CCOCC1. The Morgan fingerprint density at radius 3 is 2.29 bits per heavy atom. The van der Waals surface area contributed by atoms with Crippen LogP contribution in [0.1, 0.15) is 37.6 Å². The van der Waals surface area contributed by atoms with E-state index >= 15 is 0 Å². The highest BCUT2D eigenvalue weighted by Gasteiger charge is 2.27. The number of anilines is 1. The molecule has 1 saturated heterocycles. The predicted octanol–water partition coefficient (Wildman–Crippen LogP) is 2.28. The zero-order chi connectivity index (χ0) is 21.1. The van der Waals surface area contributed by atoms with Gasteiger partial charge in [-0.2, -0.15) is 0 Å². The molecule has 8 heteroatoms. The average Bonchev–Trinajstić information content (AvgIpc) is 2.66. The van der Waals surface area contributed by atoms with Crippen LogP contribution < -0.4 is 4.90 Å². The molecular weight excluding hydrogens is 378 g/mol. The second kappa shape index (κ2) is 9.24. The molecule has 158 valence electrons. The van der Waals surface area contributed by atoms with Gasteiger partial charge in [-0.1, -0.05) is 13.8 Å². The van der Waals surface area contributed by atoms with Gasteiger partial charge in [0.05, 0.1) is 23.7 Å². The number of amides is 1. The van der Waals surface area contributed by atoms with Gasteiger partial charge in [-0.15, -0.1) is 0 Å². The first-order valence-electron chi connectivity index (χ1n) is 9.72. The smallest absolute Gasteiger partial charge is 0.255 e. The monoisotopic (exact) mass is 411 g/mol. The maximum absolute atomic E-state index is 13.3. The van der Waals surface area contributed by atoms with E-state index in [1.165, 1.54) is 20.2 Å². The quantitative estimate of drug-likeness (QED) is 0.688. The molecule has 0 radical (unpaired) electrons. The molecule has 1 aromatic carbocycles. The summed E-state index contributed by atoms with van der Waals surface area (Å²) in [5, 5.41) is 0. The fraction of sp³-hybridized carbons (Fsp3) is 0.650. The molecule has 28 heavy (non-hydrogen) atoms. The number of rotatable bonds is 7. The number of sulfonamides is 1. The predicted molar refractivity (Wildman–Crippen MR) is 111 cm³/mol. The Labute approximate surface area is 169 Å². The number of nitrogens with zero attached hydrogens (tertiary/aromatic N) is 3. The third kappa shape index (κ3) is 5.04. The van der Waals surface area contributed by atoms with E-state index in [-0.39, 0.29) is 16.8 Å². The Balaban J connectivity index is 2.48. The minimum atomic E-state index is -3.63. The van der Waals surface area contributed by atoms with Crippen LogP contribution in [0, 0.1) is 5.92 Å². The lowest BCUT2D eigenvalue weighted by atomic mass is 10.0. The Kier molecular flexibility index (Phi) is 7.47. The van der Waals surface area contributed by atoms with Gasteiger partial charge in [0.15, 0.2) is 0 Å². The van der Waals surface area contributed by atoms with Crippen LogP contribution in [0.3, 0.4) is 0 Å². The van der Waals surface area contributed by atoms with E-state index in [4.69, 9.17) is 4.74 Å². The van der Waals surface area contributed by atoms with E-state index in [1.54, 1.807) is 24.1 Å². The summed E-state index contributed by atoms with van der Waals surface area (Å²) in [5.74, 6) is 0.301. The van der Waals surface area contributed by atoms with Crippen molar-refractivity contribution in [1.82, 2.24) is 9.21 Å². The molecule has 0 spiro atoms. The zero-order valence-electron chi connectivity index (χ0n) is 17.8. The van der Waals surface area contributed by atoms with E-state index in [1.807, 2.05) is 6.92 Å². The summed E-state index contributed by atoms with van der Waals surface area (Å²) < 4.78 is 31.8. The number of hydrogen-bond acceptors (Lipinski definition) is 5. The minimum Gasteiger partial charge on any atom is -0.378 e. The van der Waals surface area contributed by atoms with Crippen molar-refractivity contribution in [2.75, 3.05) is 52.3 Å². The maximum atomic E-state index is 13.3. The summed E-state index contributed by atoms with van der Waals surface area (Å²) in [4.78, 5) is 17.3. The molecule has 1 amide bonds. The van der Waals surface area contributed by atoms with Gasteiger partial charge in [0.25, 0.3) is 5.91 Å². The molecule has 0 aliphatic carbocycles. The summed E-state index contributed by atoms with van der Waals surface area (Å²) in [6.07, 6.45) is 0.880. The zero-order valence-corrected chi connectivity index (χ0v) is 18.6. The van der Waals surface area contributed by atoms with Gasteiger partial charge < -0.3 is 14.5 Å². The Bertz CT molecular complexity index is 787. The van der Waals surface area contributed by atoms with E-state index in [0.717, 1.165) is 16.4 Å². The first kappa shape index (κ1) is 22.6. The standard InChI is InChI=1S/C20H33N3O4S/c1-15(2)13-16(3)22(6)20(24)18-14-17(28(25,26)21(4)5)7-8-19(18)23-9-11-27-12-10-23/h7-8,14-16H,9-13H2,1-6H3. The number of morpholine rings is 1. The first-order chi connectivity index (χ1) is 13.1. The normalized spacial score (nSPS) is 16.5. The fourth-order valence-electron chi connectivity index (χ4n) is 3.37. The van der Waals surface area contributed by atoms with Gasteiger partial charge >= 0.3 is 0 Å². The van der Waals surface area contributed by atoms with Gasteiger partial charge in [-0.05, 0) is 37.5 Å². The summed E-state index contributed by atoms with van der Waals surface area (Å²) in [6.45, 7) is 8.79. The molecular formula is C20H33N3O4S. The largest absolute Gasteiger partial charge is 0.378 e. The number of carbonyl (C=O) groups is 1. The van der Waals surface area contributed by atoms with Crippen LogP contribution in [0.2, 0.25) is 0 Å². The van der Waals surface area contributed by atoms with Crippen molar-refractivity contribution in [2.24, 2.45) is 5.92 Å². The van der Waals surface area contributed by atoms with Crippen LogP contribution in [-0.2, 0) is 14.8 Å². The third-order valence-corrected chi connectivity index (χ3v) is 6.93. The van der Waals surface area contributed by atoms with Crippen molar-refractivity contribution in [3.63, 3.8) is 0 Å². The van der Waals surface area contributed by atoms with Crippen LogP contribution in [0.5, 0.6) is 0 Å². The van der Waals surface area contributed by atoms with E-state index in [0.29, 0.717) is 37.8 Å². The number of ether oxygens (including phenoxy) is 1. The Hall–Kier alpha value is -1.64. The Morgan fingerprint density at radius 1 is 1.14 bits per heavy atom. The number of carbonyl (C=O) groups excluding carboxylic acids is 1. The summed E-state index contributed by atoms with van der Waals surface area (Å²) in [6, 6.07) is 4.89. The van der Waals surface area contributed by atoms with Crippen LogP contribution >= 0.6 is 0 Å². The van der Waals surface area contributed by atoms with Crippen molar-refractivity contribution in [3.05, 3.63) is 23.8 Å². The molecule has 7 nitrogen and oxygen atoms in total. The molecule has 2 rings (SSSR count). The minimum absolute atomic E-state index is 0.0548. The number of benzene rings is 1. The highest BCUT2D eigenvalue weighted by Crippen LogP contribution is 2.28. The average molecular weight is 412 g/mol. The van der Waals surface area contributed by atoms with E-state index in [9.17, 15) is 13.2 Å². The fourth-order valence-corrected chi connectivity index (χ4v) is 4.30. The summed E-state index contributed by atoms with van der Waals surface area (Å²) >= 11 is 0. The molecule has 1 aliphatic rings.